The van der Waals surface area contributed by atoms with Gasteiger partial charge in [0.15, 0.2) is 0 Å². The topological polar surface area (TPSA) is 28.4 Å². The number of furan rings is 1. The first-order chi connectivity index (χ1) is 9.42. The molecule has 2 heterocycles. The fraction of sp³-hybridized carbons (Fsp3) is 0.467. The van der Waals surface area contributed by atoms with E-state index in [1.165, 1.54) is 17.7 Å². The minimum atomic E-state index is 0.772. The lowest BCUT2D eigenvalue weighted by atomic mass is 10.3. The third kappa shape index (κ3) is 3.93. The third-order valence-electron chi connectivity index (χ3n) is 3.46. The summed E-state index contributed by atoms with van der Waals surface area (Å²) in [7, 11) is 0. The molecule has 1 fully saturated rings. The highest BCUT2D eigenvalue weighted by molar-refractivity contribution is 7.09. The van der Waals surface area contributed by atoms with E-state index in [-0.39, 0.29) is 0 Å². The van der Waals surface area contributed by atoms with Gasteiger partial charge >= 0.3 is 0 Å². The van der Waals surface area contributed by atoms with Crippen LogP contribution in [0.4, 0.5) is 0 Å². The molecule has 0 unspecified atom stereocenters. The van der Waals surface area contributed by atoms with E-state index in [2.05, 4.69) is 33.8 Å². The van der Waals surface area contributed by atoms with Gasteiger partial charge in [0, 0.05) is 30.6 Å². The van der Waals surface area contributed by atoms with E-state index in [0.717, 1.165) is 38.0 Å². The molecule has 0 bridgehead atoms. The lowest BCUT2D eigenvalue weighted by Gasteiger charge is -2.20. The van der Waals surface area contributed by atoms with Gasteiger partial charge in [-0.3, -0.25) is 4.90 Å². The van der Waals surface area contributed by atoms with Crippen LogP contribution < -0.4 is 5.32 Å². The maximum atomic E-state index is 5.45. The predicted octanol–water partition coefficient (Wildman–Crippen LogP) is 3.10. The zero-order valence-electron chi connectivity index (χ0n) is 11.0. The fourth-order valence-corrected chi connectivity index (χ4v) is 2.95. The summed E-state index contributed by atoms with van der Waals surface area (Å²) in [6.07, 6.45) is 4.44. The number of nitrogens with one attached hydrogen (secondary N) is 1. The van der Waals surface area contributed by atoms with E-state index in [1.807, 2.05) is 17.4 Å². The zero-order chi connectivity index (χ0) is 12.9. The standard InChI is InChI=1S/C15H20N2OS/c1-3-14(18-9-1)12-17(13-5-6-13)8-7-16-11-15-4-2-10-19-15/h1-4,9-10,13,16H,5-8,11-12H2. The monoisotopic (exact) mass is 276 g/mol. The Kier molecular flexibility index (Phi) is 4.33. The largest absolute Gasteiger partial charge is 0.468 e. The molecule has 2 aromatic heterocycles. The van der Waals surface area contributed by atoms with Gasteiger partial charge < -0.3 is 9.73 Å². The van der Waals surface area contributed by atoms with Crippen molar-refractivity contribution >= 4 is 11.3 Å². The molecule has 4 heteroatoms. The Bertz CT molecular complexity index is 462. The average Bonchev–Trinajstić information content (AvgIpc) is 2.92. The van der Waals surface area contributed by atoms with Gasteiger partial charge in [-0.25, -0.2) is 0 Å². The van der Waals surface area contributed by atoms with Crippen LogP contribution >= 0.6 is 11.3 Å². The summed E-state index contributed by atoms with van der Waals surface area (Å²) in [5.74, 6) is 1.07. The predicted molar refractivity (Wildman–Crippen MR) is 78.2 cm³/mol. The number of thiophene rings is 1. The van der Waals surface area contributed by atoms with Crippen LogP contribution in [0.1, 0.15) is 23.5 Å². The molecular weight excluding hydrogens is 256 g/mol. The van der Waals surface area contributed by atoms with E-state index in [1.54, 1.807) is 6.26 Å². The molecule has 102 valence electrons. The molecule has 0 aliphatic heterocycles. The highest BCUT2D eigenvalue weighted by Gasteiger charge is 2.28. The van der Waals surface area contributed by atoms with Crippen LogP contribution in [0, 0.1) is 0 Å². The van der Waals surface area contributed by atoms with Crippen molar-refractivity contribution in [3.8, 4) is 0 Å². The SMILES string of the molecule is c1coc(CN(CCNCc2cccs2)C2CC2)c1. The van der Waals surface area contributed by atoms with Gasteiger partial charge in [-0.2, -0.15) is 0 Å². The van der Waals surface area contributed by atoms with Crippen LogP contribution in [0.5, 0.6) is 0 Å². The van der Waals surface area contributed by atoms with Gasteiger partial charge in [-0.1, -0.05) is 6.07 Å². The second-order valence-electron chi connectivity index (χ2n) is 5.04. The Hall–Kier alpha value is -1.10. The second-order valence-corrected chi connectivity index (χ2v) is 6.07. The van der Waals surface area contributed by atoms with Crippen molar-refractivity contribution in [1.82, 2.24) is 10.2 Å². The van der Waals surface area contributed by atoms with Gasteiger partial charge in [0.1, 0.15) is 5.76 Å². The summed E-state index contributed by atoms with van der Waals surface area (Å²) in [4.78, 5) is 3.93. The second kappa shape index (κ2) is 6.37. The zero-order valence-corrected chi connectivity index (χ0v) is 11.9. The molecule has 0 saturated heterocycles. The highest BCUT2D eigenvalue weighted by atomic mass is 32.1. The molecule has 2 aromatic rings. The van der Waals surface area contributed by atoms with Crippen molar-refractivity contribution in [2.75, 3.05) is 13.1 Å². The lowest BCUT2D eigenvalue weighted by Crippen LogP contribution is -2.33. The van der Waals surface area contributed by atoms with Crippen LogP contribution in [0.2, 0.25) is 0 Å². The van der Waals surface area contributed by atoms with E-state index in [9.17, 15) is 0 Å². The summed E-state index contributed by atoms with van der Waals surface area (Å²) in [6, 6.07) is 9.09. The molecule has 0 atom stereocenters. The number of nitrogens with zero attached hydrogens (tertiary/aromatic N) is 1. The molecule has 1 N–H and O–H groups in total. The molecule has 0 amide bonds. The average molecular weight is 276 g/mol. The molecule has 0 spiro atoms. The molecule has 3 rings (SSSR count). The van der Waals surface area contributed by atoms with Crippen molar-refractivity contribution in [3.63, 3.8) is 0 Å². The fourth-order valence-electron chi connectivity index (χ4n) is 2.28. The Morgan fingerprint density at radius 3 is 2.95 bits per heavy atom. The normalized spacial score (nSPS) is 15.2. The van der Waals surface area contributed by atoms with Crippen molar-refractivity contribution in [1.29, 1.82) is 0 Å². The lowest BCUT2D eigenvalue weighted by molar-refractivity contribution is 0.234. The first kappa shape index (κ1) is 12.9. The molecule has 0 aromatic carbocycles. The molecule has 0 radical (unpaired) electrons. The van der Waals surface area contributed by atoms with Gasteiger partial charge in [0.2, 0.25) is 0 Å². The smallest absolute Gasteiger partial charge is 0.117 e. The number of rotatable bonds is 8. The van der Waals surface area contributed by atoms with E-state index in [0.29, 0.717) is 0 Å². The van der Waals surface area contributed by atoms with Crippen LogP contribution in [0.3, 0.4) is 0 Å². The van der Waals surface area contributed by atoms with Gasteiger partial charge in [0.25, 0.3) is 0 Å². The summed E-state index contributed by atoms with van der Waals surface area (Å²) in [5, 5.41) is 5.65. The molecule has 1 saturated carbocycles. The van der Waals surface area contributed by atoms with E-state index < -0.39 is 0 Å². The molecular formula is C15H20N2OS. The Balaban J connectivity index is 1.41. The molecule has 3 nitrogen and oxygen atoms in total. The third-order valence-corrected chi connectivity index (χ3v) is 4.33. The maximum absolute atomic E-state index is 5.45. The quantitative estimate of drug-likeness (QED) is 0.751. The minimum absolute atomic E-state index is 0.772. The van der Waals surface area contributed by atoms with Gasteiger partial charge in [0.05, 0.1) is 12.8 Å². The Labute approximate surface area is 118 Å². The van der Waals surface area contributed by atoms with Gasteiger partial charge in [-0.15, -0.1) is 11.3 Å². The Morgan fingerprint density at radius 2 is 2.26 bits per heavy atom. The van der Waals surface area contributed by atoms with Crippen molar-refractivity contribution in [3.05, 3.63) is 46.5 Å². The maximum Gasteiger partial charge on any atom is 0.117 e. The van der Waals surface area contributed by atoms with Gasteiger partial charge in [-0.05, 0) is 36.4 Å². The van der Waals surface area contributed by atoms with Crippen LogP contribution in [-0.2, 0) is 13.1 Å². The van der Waals surface area contributed by atoms with Crippen molar-refractivity contribution < 1.29 is 4.42 Å². The molecule has 1 aliphatic carbocycles. The van der Waals surface area contributed by atoms with Crippen LogP contribution in [-0.4, -0.2) is 24.0 Å². The van der Waals surface area contributed by atoms with Crippen molar-refractivity contribution in [2.45, 2.75) is 32.0 Å². The van der Waals surface area contributed by atoms with E-state index >= 15 is 0 Å². The first-order valence-corrected chi connectivity index (χ1v) is 7.79. The summed E-state index contributed by atoms with van der Waals surface area (Å²) < 4.78 is 5.45. The summed E-state index contributed by atoms with van der Waals surface area (Å²) in [6.45, 7) is 4.06. The molecule has 1 aliphatic rings. The van der Waals surface area contributed by atoms with Crippen molar-refractivity contribution in [2.24, 2.45) is 0 Å². The Morgan fingerprint density at radius 1 is 1.32 bits per heavy atom. The first-order valence-electron chi connectivity index (χ1n) is 6.91. The number of hydrogen-bond acceptors (Lipinski definition) is 4. The van der Waals surface area contributed by atoms with E-state index in [4.69, 9.17) is 4.42 Å². The minimum Gasteiger partial charge on any atom is -0.468 e. The summed E-state index contributed by atoms with van der Waals surface area (Å²) in [5.41, 5.74) is 0. The van der Waals surface area contributed by atoms with Crippen LogP contribution in [0.25, 0.3) is 0 Å². The summed E-state index contributed by atoms with van der Waals surface area (Å²) >= 11 is 1.81. The number of hydrogen-bond donors (Lipinski definition) is 1. The van der Waals surface area contributed by atoms with Crippen LogP contribution in [0.15, 0.2) is 40.3 Å². The highest BCUT2D eigenvalue weighted by Crippen LogP contribution is 2.27. The molecule has 19 heavy (non-hydrogen) atoms.